The first-order valence-electron chi connectivity index (χ1n) is 12.2. The second kappa shape index (κ2) is 10.4. The first-order chi connectivity index (χ1) is 17.2. The average molecular weight is 479 g/mol. The predicted octanol–water partition coefficient (Wildman–Crippen LogP) is 7.83. The molecule has 0 bridgehead atoms. The number of ether oxygens (including phenoxy) is 1. The van der Waals surface area contributed by atoms with Gasteiger partial charge in [-0.2, -0.15) is 0 Å². The fourth-order valence-corrected chi connectivity index (χ4v) is 4.40. The monoisotopic (exact) mass is 478 g/mol. The van der Waals surface area contributed by atoms with Gasteiger partial charge in [-0.05, 0) is 69.8 Å². The lowest BCUT2D eigenvalue weighted by Crippen LogP contribution is -2.34. The molecule has 4 nitrogen and oxygen atoms in total. The lowest BCUT2D eigenvalue weighted by atomic mass is 9.91. The first kappa shape index (κ1) is 25.2. The van der Waals surface area contributed by atoms with Crippen molar-refractivity contribution in [1.82, 2.24) is 4.98 Å². The number of hydrogen-bond acceptors (Lipinski definition) is 3. The molecule has 1 aromatic heterocycles. The molecule has 0 saturated heterocycles. The maximum atomic E-state index is 13.6. The van der Waals surface area contributed by atoms with Gasteiger partial charge < -0.3 is 4.74 Å². The topological polar surface area (TPSA) is 42.4 Å². The van der Waals surface area contributed by atoms with Crippen molar-refractivity contribution in [2.45, 2.75) is 40.7 Å². The van der Waals surface area contributed by atoms with E-state index >= 15 is 0 Å². The summed E-state index contributed by atoms with van der Waals surface area (Å²) in [5, 5.41) is 1.99. The number of anilines is 1. The third-order valence-electron chi connectivity index (χ3n) is 6.26. The molecule has 0 fully saturated rings. The van der Waals surface area contributed by atoms with Crippen LogP contribution in [0.1, 0.15) is 43.9 Å². The van der Waals surface area contributed by atoms with Crippen LogP contribution in [0.25, 0.3) is 28.0 Å². The van der Waals surface area contributed by atoms with Gasteiger partial charge in [-0.15, -0.1) is 0 Å². The van der Waals surface area contributed by atoms with Crippen molar-refractivity contribution in [2.24, 2.45) is 5.41 Å². The standard InChI is InChI=1S/C32H34N2O2/c1-7-23-10-14-28-27(19-23)16-17-33-31(28)34(30(35)20-32(3,4)5)21-24-8-11-25(12-9-24)26-13-15-29(36-6)22(2)18-26/h7-19H,1,20-21H2,2-6H3. The molecular formula is C32H34N2O2. The minimum absolute atomic E-state index is 0.0603. The van der Waals surface area contributed by atoms with Crippen LogP contribution in [0.15, 0.2) is 79.5 Å². The highest BCUT2D eigenvalue weighted by molar-refractivity contribution is 6.02. The number of hydrogen-bond donors (Lipinski definition) is 0. The highest BCUT2D eigenvalue weighted by atomic mass is 16.5. The van der Waals surface area contributed by atoms with Gasteiger partial charge in [0, 0.05) is 18.0 Å². The summed E-state index contributed by atoms with van der Waals surface area (Å²) < 4.78 is 5.39. The lowest BCUT2D eigenvalue weighted by molar-refractivity contribution is -0.120. The third-order valence-corrected chi connectivity index (χ3v) is 6.26. The van der Waals surface area contributed by atoms with Crippen LogP contribution in [0.2, 0.25) is 0 Å². The Kier molecular flexibility index (Phi) is 7.25. The summed E-state index contributed by atoms with van der Waals surface area (Å²) in [7, 11) is 1.69. The smallest absolute Gasteiger partial charge is 0.229 e. The Morgan fingerprint density at radius 3 is 2.36 bits per heavy atom. The number of nitrogens with zero attached hydrogens (tertiary/aromatic N) is 2. The van der Waals surface area contributed by atoms with Crippen molar-refractivity contribution in [3.05, 3.63) is 96.2 Å². The van der Waals surface area contributed by atoms with Crippen LogP contribution in [0.5, 0.6) is 5.75 Å². The molecular weight excluding hydrogens is 444 g/mol. The summed E-state index contributed by atoms with van der Waals surface area (Å²) >= 11 is 0. The van der Waals surface area contributed by atoms with E-state index in [4.69, 9.17) is 4.74 Å². The Morgan fingerprint density at radius 1 is 1.00 bits per heavy atom. The molecule has 0 unspecified atom stereocenters. The molecule has 0 spiro atoms. The van der Waals surface area contributed by atoms with Crippen molar-refractivity contribution in [3.8, 4) is 16.9 Å². The lowest BCUT2D eigenvalue weighted by Gasteiger charge is -2.27. The molecule has 0 aliphatic carbocycles. The van der Waals surface area contributed by atoms with E-state index in [0.717, 1.165) is 44.3 Å². The molecule has 0 radical (unpaired) electrons. The molecule has 4 rings (SSSR count). The van der Waals surface area contributed by atoms with Crippen LogP contribution in [-0.4, -0.2) is 18.0 Å². The summed E-state index contributed by atoms with van der Waals surface area (Å²) in [5.74, 6) is 1.63. The van der Waals surface area contributed by atoms with E-state index in [1.807, 2.05) is 42.2 Å². The predicted molar refractivity (Wildman–Crippen MR) is 150 cm³/mol. The number of aromatic nitrogens is 1. The maximum absolute atomic E-state index is 13.6. The molecule has 0 aliphatic rings. The summed E-state index contributed by atoms with van der Waals surface area (Å²) in [6, 6.07) is 22.7. The molecule has 1 amide bonds. The first-order valence-corrected chi connectivity index (χ1v) is 12.2. The second-order valence-corrected chi connectivity index (χ2v) is 10.4. The summed E-state index contributed by atoms with van der Waals surface area (Å²) in [6.45, 7) is 12.6. The molecule has 1 heterocycles. The molecule has 4 aromatic rings. The summed E-state index contributed by atoms with van der Waals surface area (Å²) in [6.07, 6.45) is 4.03. The van der Waals surface area contributed by atoms with Gasteiger partial charge in [0.1, 0.15) is 11.6 Å². The molecule has 0 aliphatic heterocycles. The number of amides is 1. The second-order valence-electron chi connectivity index (χ2n) is 10.4. The number of benzene rings is 3. The number of carbonyl (C=O) groups is 1. The zero-order valence-electron chi connectivity index (χ0n) is 21.8. The van der Waals surface area contributed by atoms with E-state index in [9.17, 15) is 4.79 Å². The maximum Gasteiger partial charge on any atom is 0.229 e. The summed E-state index contributed by atoms with van der Waals surface area (Å²) in [4.78, 5) is 20.1. The van der Waals surface area contributed by atoms with Crippen LogP contribution in [0, 0.1) is 12.3 Å². The van der Waals surface area contributed by atoms with Gasteiger partial charge in [0.15, 0.2) is 0 Å². The number of rotatable bonds is 7. The van der Waals surface area contributed by atoms with Gasteiger partial charge in [0.2, 0.25) is 5.91 Å². The molecule has 0 saturated carbocycles. The van der Waals surface area contributed by atoms with E-state index in [1.165, 1.54) is 0 Å². The van der Waals surface area contributed by atoms with Gasteiger partial charge in [0.05, 0.1) is 13.7 Å². The van der Waals surface area contributed by atoms with Crippen molar-refractivity contribution in [2.75, 3.05) is 12.0 Å². The van der Waals surface area contributed by atoms with Gasteiger partial charge in [-0.25, -0.2) is 4.98 Å². The fourth-order valence-electron chi connectivity index (χ4n) is 4.40. The Labute approximate surface area is 214 Å². The zero-order chi connectivity index (χ0) is 25.9. The average Bonchev–Trinajstić information content (AvgIpc) is 2.86. The van der Waals surface area contributed by atoms with Gasteiger partial charge in [0.25, 0.3) is 0 Å². The van der Waals surface area contributed by atoms with Crippen LogP contribution >= 0.6 is 0 Å². The highest BCUT2D eigenvalue weighted by Gasteiger charge is 2.25. The molecule has 0 N–H and O–H groups in total. The van der Waals surface area contributed by atoms with Crippen molar-refractivity contribution in [1.29, 1.82) is 0 Å². The summed E-state index contributed by atoms with van der Waals surface area (Å²) in [5.41, 5.74) is 5.31. The molecule has 4 heteroatoms. The van der Waals surface area contributed by atoms with Gasteiger partial charge >= 0.3 is 0 Å². The molecule has 184 valence electrons. The van der Waals surface area contributed by atoms with Crippen molar-refractivity contribution in [3.63, 3.8) is 0 Å². The van der Waals surface area contributed by atoms with Crippen molar-refractivity contribution >= 4 is 28.6 Å². The zero-order valence-corrected chi connectivity index (χ0v) is 21.8. The SMILES string of the molecule is C=Cc1ccc2c(N(Cc3ccc(-c4ccc(OC)c(C)c4)cc3)C(=O)CC(C)(C)C)nccc2c1. The number of fused-ring (bicyclic) bond motifs is 1. The largest absolute Gasteiger partial charge is 0.496 e. The van der Waals surface area contributed by atoms with E-state index in [2.05, 4.69) is 74.8 Å². The van der Waals surface area contributed by atoms with Crippen LogP contribution in [0.3, 0.4) is 0 Å². The number of pyridine rings is 1. The van der Waals surface area contributed by atoms with E-state index < -0.39 is 0 Å². The van der Waals surface area contributed by atoms with E-state index in [-0.39, 0.29) is 11.3 Å². The highest BCUT2D eigenvalue weighted by Crippen LogP contribution is 2.31. The minimum atomic E-state index is -0.133. The number of carbonyl (C=O) groups excluding carboxylic acids is 1. The number of methoxy groups -OCH3 is 1. The fraction of sp³-hybridized carbons (Fsp3) is 0.250. The Balaban J connectivity index is 1.69. The van der Waals surface area contributed by atoms with Gasteiger partial charge in [-0.1, -0.05) is 75.9 Å². The Morgan fingerprint density at radius 2 is 1.72 bits per heavy atom. The molecule has 36 heavy (non-hydrogen) atoms. The number of aryl methyl sites for hydroxylation is 1. The quantitative estimate of drug-likeness (QED) is 0.272. The van der Waals surface area contributed by atoms with Crippen LogP contribution < -0.4 is 9.64 Å². The Hall–Kier alpha value is -3.92. The minimum Gasteiger partial charge on any atom is -0.496 e. The van der Waals surface area contributed by atoms with Crippen LogP contribution in [0.4, 0.5) is 5.82 Å². The molecule has 3 aromatic carbocycles. The van der Waals surface area contributed by atoms with E-state index in [0.29, 0.717) is 18.8 Å². The Bertz CT molecular complexity index is 1400. The van der Waals surface area contributed by atoms with E-state index in [1.54, 1.807) is 13.3 Å². The van der Waals surface area contributed by atoms with Crippen molar-refractivity contribution < 1.29 is 9.53 Å². The third kappa shape index (κ3) is 5.65. The van der Waals surface area contributed by atoms with Gasteiger partial charge in [-0.3, -0.25) is 9.69 Å². The molecule has 0 atom stereocenters. The normalized spacial score (nSPS) is 11.4. The van der Waals surface area contributed by atoms with Crippen LogP contribution in [-0.2, 0) is 11.3 Å².